The number of nitrogens with one attached hydrogen (secondary N) is 2. The fourth-order valence-electron chi connectivity index (χ4n) is 5.18. The highest BCUT2D eigenvalue weighted by Gasteiger charge is 2.45. The van der Waals surface area contributed by atoms with Crippen LogP contribution in [0, 0.1) is 11.8 Å². The molecule has 1 saturated carbocycles. The Morgan fingerprint density at radius 2 is 1.60 bits per heavy atom. The van der Waals surface area contributed by atoms with Crippen molar-refractivity contribution in [2.24, 2.45) is 11.8 Å². The molecule has 0 bridgehead atoms. The number of benzene rings is 2. The van der Waals surface area contributed by atoms with Gasteiger partial charge in [-0.15, -0.1) is 0 Å². The van der Waals surface area contributed by atoms with Crippen LogP contribution in [0.1, 0.15) is 63.5 Å². The normalized spacial score (nSPS) is 17.1. The first-order chi connectivity index (χ1) is 16.7. The van der Waals surface area contributed by atoms with Crippen molar-refractivity contribution in [1.29, 1.82) is 0 Å². The molecule has 2 amide bonds. The second-order valence-corrected chi connectivity index (χ2v) is 10.4. The SMILES string of the molecule is CC(C)CC(NC(=O)OCC1c2ccccc2-c2ccccc21)C(=O)NC(C)(CC(=O)O)C1CC1. The third kappa shape index (κ3) is 5.66. The molecule has 186 valence electrons. The van der Waals surface area contributed by atoms with Crippen molar-refractivity contribution in [2.75, 3.05) is 6.61 Å². The monoisotopic (exact) mass is 478 g/mol. The highest BCUT2D eigenvalue weighted by molar-refractivity contribution is 5.87. The van der Waals surface area contributed by atoms with Gasteiger partial charge in [-0.05, 0) is 60.3 Å². The first kappa shape index (κ1) is 24.8. The number of aliphatic carboxylic acids is 1. The van der Waals surface area contributed by atoms with Gasteiger partial charge in [0, 0.05) is 5.92 Å². The third-order valence-electron chi connectivity index (χ3n) is 7.06. The van der Waals surface area contributed by atoms with Gasteiger partial charge in [0.2, 0.25) is 5.91 Å². The van der Waals surface area contributed by atoms with Crippen molar-refractivity contribution < 1.29 is 24.2 Å². The molecule has 0 saturated heterocycles. The third-order valence-corrected chi connectivity index (χ3v) is 7.06. The topological polar surface area (TPSA) is 105 Å². The fourth-order valence-corrected chi connectivity index (χ4v) is 5.18. The van der Waals surface area contributed by atoms with Crippen LogP contribution in [0.3, 0.4) is 0 Å². The summed E-state index contributed by atoms with van der Waals surface area (Å²) in [5.74, 6) is -1.12. The van der Waals surface area contributed by atoms with Gasteiger partial charge in [0.1, 0.15) is 12.6 Å². The van der Waals surface area contributed by atoms with Crippen LogP contribution >= 0.6 is 0 Å². The van der Waals surface area contributed by atoms with E-state index in [1.54, 1.807) is 6.92 Å². The molecule has 0 aromatic heterocycles. The quantitative estimate of drug-likeness (QED) is 0.459. The van der Waals surface area contributed by atoms with Gasteiger partial charge in [0.15, 0.2) is 0 Å². The molecular formula is C28H34N2O5. The zero-order chi connectivity index (χ0) is 25.2. The van der Waals surface area contributed by atoms with Crippen LogP contribution < -0.4 is 10.6 Å². The van der Waals surface area contributed by atoms with Crippen molar-refractivity contribution in [3.63, 3.8) is 0 Å². The van der Waals surface area contributed by atoms with Crippen LogP contribution in [0.4, 0.5) is 4.79 Å². The van der Waals surface area contributed by atoms with Crippen molar-refractivity contribution in [1.82, 2.24) is 10.6 Å². The molecule has 2 unspecified atom stereocenters. The number of carbonyl (C=O) groups is 3. The molecule has 4 rings (SSSR count). The van der Waals surface area contributed by atoms with E-state index in [0.29, 0.717) is 6.42 Å². The average Bonchev–Trinajstić information content (AvgIpc) is 3.61. The maximum atomic E-state index is 13.2. The number of hydrogen-bond donors (Lipinski definition) is 3. The summed E-state index contributed by atoms with van der Waals surface area (Å²) in [7, 11) is 0. The molecule has 0 heterocycles. The number of carbonyl (C=O) groups excluding carboxylic acids is 2. The van der Waals surface area contributed by atoms with E-state index in [1.807, 2.05) is 38.1 Å². The number of fused-ring (bicyclic) bond motifs is 3. The molecule has 0 aliphatic heterocycles. The van der Waals surface area contributed by atoms with Gasteiger partial charge in [-0.3, -0.25) is 9.59 Å². The standard InChI is InChI=1S/C28H34N2O5/c1-17(2)14-24(26(33)30-28(3,15-25(31)32)18-12-13-18)29-27(34)35-16-23-21-10-6-4-8-19(21)20-9-5-7-11-22(20)23/h4-11,17-18,23-24H,12-16H2,1-3H3,(H,29,34)(H,30,33)(H,31,32). The molecule has 2 aliphatic rings. The van der Waals surface area contributed by atoms with Gasteiger partial charge in [-0.1, -0.05) is 62.4 Å². The highest BCUT2D eigenvalue weighted by Crippen LogP contribution is 2.44. The van der Waals surface area contributed by atoms with Crippen molar-refractivity contribution in [3.8, 4) is 11.1 Å². The second kappa shape index (κ2) is 10.1. The van der Waals surface area contributed by atoms with E-state index in [2.05, 4.69) is 34.9 Å². The van der Waals surface area contributed by atoms with Crippen LogP contribution in [0.15, 0.2) is 48.5 Å². The lowest BCUT2D eigenvalue weighted by atomic mass is 9.90. The van der Waals surface area contributed by atoms with Crippen LogP contribution in [0.25, 0.3) is 11.1 Å². The lowest BCUT2D eigenvalue weighted by Crippen LogP contribution is -2.56. The predicted molar refractivity (Wildman–Crippen MR) is 133 cm³/mol. The first-order valence-electron chi connectivity index (χ1n) is 12.3. The lowest BCUT2D eigenvalue weighted by molar-refractivity contribution is -0.139. The number of carboxylic acid groups (broad SMARTS) is 1. The summed E-state index contributed by atoms with van der Waals surface area (Å²) in [6.07, 6.45) is 1.39. The molecule has 35 heavy (non-hydrogen) atoms. The summed E-state index contributed by atoms with van der Waals surface area (Å²) in [6, 6.07) is 15.4. The molecule has 7 nitrogen and oxygen atoms in total. The number of carboxylic acids is 1. The van der Waals surface area contributed by atoms with Crippen LogP contribution in [-0.4, -0.2) is 41.3 Å². The van der Waals surface area contributed by atoms with E-state index in [4.69, 9.17) is 4.74 Å². The van der Waals surface area contributed by atoms with Crippen molar-refractivity contribution >= 4 is 18.0 Å². The first-order valence-corrected chi connectivity index (χ1v) is 12.3. The number of hydrogen-bond acceptors (Lipinski definition) is 4. The zero-order valence-corrected chi connectivity index (χ0v) is 20.5. The van der Waals surface area contributed by atoms with Crippen LogP contribution in [-0.2, 0) is 14.3 Å². The minimum absolute atomic E-state index is 0.0701. The maximum absolute atomic E-state index is 13.2. The van der Waals surface area contributed by atoms with Gasteiger partial charge in [0.05, 0.1) is 12.0 Å². The Hall–Kier alpha value is -3.35. The van der Waals surface area contributed by atoms with Gasteiger partial charge in [-0.25, -0.2) is 4.79 Å². The Kier molecular flexibility index (Phi) is 7.15. The lowest BCUT2D eigenvalue weighted by Gasteiger charge is -2.32. The van der Waals surface area contributed by atoms with Gasteiger partial charge in [0.25, 0.3) is 0 Å². The molecule has 7 heteroatoms. The molecule has 2 aromatic carbocycles. The van der Waals surface area contributed by atoms with Crippen LogP contribution in [0.2, 0.25) is 0 Å². The number of ether oxygens (including phenoxy) is 1. The summed E-state index contributed by atoms with van der Waals surface area (Å²) in [6.45, 7) is 5.87. The number of amides is 2. The number of rotatable bonds is 10. The van der Waals surface area contributed by atoms with Gasteiger partial charge in [-0.2, -0.15) is 0 Å². The summed E-state index contributed by atoms with van der Waals surface area (Å²) < 4.78 is 5.63. The maximum Gasteiger partial charge on any atom is 0.407 e. The Balaban J connectivity index is 1.42. The highest BCUT2D eigenvalue weighted by atomic mass is 16.5. The van der Waals surface area contributed by atoms with Crippen molar-refractivity contribution in [3.05, 3.63) is 59.7 Å². The minimum atomic E-state index is -0.954. The van der Waals surface area contributed by atoms with E-state index in [0.717, 1.165) is 35.1 Å². The number of alkyl carbamates (subject to hydrolysis) is 1. The Labute approximate surface area is 206 Å². The molecule has 2 atom stereocenters. The van der Waals surface area contributed by atoms with E-state index in [-0.39, 0.29) is 36.7 Å². The van der Waals surface area contributed by atoms with E-state index >= 15 is 0 Å². The molecular weight excluding hydrogens is 444 g/mol. The minimum Gasteiger partial charge on any atom is -0.481 e. The Morgan fingerprint density at radius 3 is 2.11 bits per heavy atom. The van der Waals surface area contributed by atoms with E-state index in [1.165, 1.54) is 0 Å². The largest absolute Gasteiger partial charge is 0.481 e. The molecule has 0 spiro atoms. The fraction of sp³-hybridized carbons (Fsp3) is 0.464. The smallest absolute Gasteiger partial charge is 0.407 e. The van der Waals surface area contributed by atoms with E-state index < -0.39 is 23.6 Å². The summed E-state index contributed by atoms with van der Waals surface area (Å²) >= 11 is 0. The molecule has 3 N–H and O–H groups in total. The zero-order valence-electron chi connectivity index (χ0n) is 20.5. The molecule has 0 radical (unpaired) electrons. The van der Waals surface area contributed by atoms with Gasteiger partial charge < -0.3 is 20.5 Å². The molecule has 2 aliphatic carbocycles. The average molecular weight is 479 g/mol. The summed E-state index contributed by atoms with van der Waals surface area (Å²) in [4.78, 5) is 37.4. The summed E-state index contributed by atoms with van der Waals surface area (Å²) in [5, 5.41) is 15.0. The van der Waals surface area contributed by atoms with E-state index in [9.17, 15) is 19.5 Å². The Bertz CT molecular complexity index is 1060. The van der Waals surface area contributed by atoms with Gasteiger partial charge >= 0.3 is 12.1 Å². The van der Waals surface area contributed by atoms with Crippen LogP contribution in [0.5, 0.6) is 0 Å². The second-order valence-electron chi connectivity index (χ2n) is 10.4. The molecule has 2 aromatic rings. The van der Waals surface area contributed by atoms with Crippen molar-refractivity contribution in [2.45, 2.75) is 64.0 Å². The summed E-state index contributed by atoms with van der Waals surface area (Å²) in [5.41, 5.74) is 3.69. The molecule has 1 fully saturated rings. The predicted octanol–water partition coefficient (Wildman–Crippen LogP) is 4.70. The Morgan fingerprint density at radius 1 is 1.03 bits per heavy atom.